The third kappa shape index (κ3) is 4.59. The van der Waals surface area contributed by atoms with Gasteiger partial charge >= 0.3 is 0 Å². The lowest BCUT2D eigenvalue weighted by Crippen LogP contribution is -2.25. The summed E-state index contributed by atoms with van der Waals surface area (Å²) in [4.78, 5) is 23.3. The van der Waals surface area contributed by atoms with Crippen molar-refractivity contribution in [3.63, 3.8) is 0 Å². The van der Waals surface area contributed by atoms with Crippen LogP contribution in [0.1, 0.15) is 23.1 Å². The Labute approximate surface area is 147 Å². The lowest BCUT2D eigenvalue weighted by Gasteiger charge is -2.07. The molecule has 0 saturated heterocycles. The van der Waals surface area contributed by atoms with Gasteiger partial charge in [-0.3, -0.25) is 9.59 Å². The van der Waals surface area contributed by atoms with Crippen LogP contribution in [0.25, 0.3) is 0 Å². The lowest BCUT2D eigenvalue weighted by atomic mass is 10.1. The van der Waals surface area contributed by atoms with Crippen LogP contribution in [0.4, 0.5) is 5.69 Å². The molecule has 0 atom stereocenters. The standard InChI is InChI=1S/C20H22N2O3/c1-25-17-6-2-14(3-7-17)5-9-19(23)21-11-10-15-4-8-18-16(12-15)13-20(24)22-18/h2-4,6-8,12H,5,9-11,13H2,1H3,(H,21,23)(H,22,24). The Kier molecular flexibility index (Phi) is 5.33. The summed E-state index contributed by atoms with van der Waals surface area (Å²) in [6.45, 7) is 0.599. The second kappa shape index (κ2) is 7.83. The van der Waals surface area contributed by atoms with Crippen molar-refractivity contribution in [3.05, 3.63) is 59.2 Å². The van der Waals surface area contributed by atoms with Crippen molar-refractivity contribution in [1.82, 2.24) is 5.32 Å². The molecule has 1 aliphatic rings. The van der Waals surface area contributed by atoms with E-state index in [1.807, 2.05) is 42.5 Å². The number of benzene rings is 2. The molecule has 0 aromatic heterocycles. The van der Waals surface area contributed by atoms with Crippen LogP contribution >= 0.6 is 0 Å². The van der Waals surface area contributed by atoms with Gasteiger partial charge in [0.15, 0.2) is 0 Å². The van der Waals surface area contributed by atoms with Gasteiger partial charge in [0.2, 0.25) is 11.8 Å². The first kappa shape index (κ1) is 17.0. The van der Waals surface area contributed by atoms with Crippen molar-refractivity contribution in [2.75, 3.05) is 19.0 Å². The van der Waals surface area contributed by atoms with E-state index in [9.17, 15) is 9.59 Å². The molecule has 2 aromatic rings. The molecular weight excluding hydrogens is 316 g/mol. The summed E-state index contributed by atoms with van der Waals surface area (Å²) in [5, 5.41) is 5.78. The number of aryl methyl sites for hydroxylation is 1. The maximum absolute atomic E-state index is 12.0. The molecule has 0 radical (unpaired) electrons. The molecule has 2 amide bonds. The zero-order valence-electron chi connectivity index (χ0n) is 14.3. The third-order valence-electron chi connectivity index (χ3n) is 4.33. The number of rotatable bonds is 7. The van der Waals surface area contributed by atoms with E-state index in [4.69, 9.17) is 4.74 Å². The predicted molar refractivity (Wildman–Crippen MR) is 96.8 cm³/mol. The largest absolute Gasteiger partial charge is 0.497 e. The average molecular weight is 338 g/mol. The quantitative estimate of drug-likeness (QED) is 0.815. The topological polar surface area (TPSA) is 67.4 Å². The molecule has 130 valence electrons. The van der Waals surface area contributed by atoms with Crippen LogP contribution in [-0.4, -0.2) is 25.5 Å². The van der Waals surface area contributed by atoms with Crippen molar-refractivity contribution in [3.8, 4) is 5.75 Å². The Morgan fingerprint density at radius 2 is 1.88 bits per heavy atom. The number of hydrogen-bond acceptors (Lipinski definition) is 3. The fourth-order valence-electron chi connectivity index (χ4n) is 2.92. The number of nitrogens with one attached hydrogen (secondary N) is 2. The monoisotopic (exact) mass is 338 g/mol. The van der Waals surface area contributed by atoms with Gasteiger partial charge in [0.25, 0.3) is 0 Å². The molecule has 0 unspecified atom stereocenters. The van der Waals surface area contributed by atoms with E-state index >= 15 is 0 Å². The molecule has 0 aliphatic carbocycles. The predicted octanol–water partition coefficient (Wildman–Crippen LogP) is 2.48. The second-order valence-corrected chi connectivity index (χ2v) is 6.16. The van der Waals surface area contributed by atoms with Crippen molar-refractivity contribution in [2.45, 2.75) is 25.7 Å². The molecule has 0 spiro atoms. The Morgan fingerprint density at radius 3 is 2.64 bits per heavy atom. The average Bonchev–Trinajstić information content (AvgIpc) is 2.99. The minimum Gasteiger partial charge on any atom is -0.497 e. The summed E-state index contributed by atoms with van der Waals surface area (Å²) in [5.74, 6) is 0.909. The fourth-order valence-corrected chi connectivity index (χ4v) is 2.92. The number of carbonyl (C=O) groups excluding carboxylic acids is 2. The summed E-state index contributed by atoms with van der Waals surface area (Å²) >= 11 is 0. The number of methoxy groups -OCH3 is 1. The number of amides is 2. The number of anilines is 1. The molecule has 0 fully saturated rings. The minimum atomic E-state index is 0.0407. The molecule has 3 rings (SSSR count). The molecule has 5 heteroatoms. The van der Waals surface area contributed by atoms with E-state index in [1.54, 1.807) is 7.11 Å². The highest BCUT2D eigenvalue weighted by Crippen LogP contribution is 2.23. The summed E-state index contributed by atoms with van der Waals surface area (Å²) in [6.07, 6.45) is 2.38. The van der Waals surface area contributed by atoms with E-state index in [0.717, 1.165) is 34.5 Å². The number of carbonyl (C=O) groups is 2. The van der Waals surface area contributed by atoms with Gasteiger partial charge in [0, 0.05) is 18.7 Å². The molecule has 25 heavy (non-hydrogen) atoms. The molecule has 2 aromatic carbocycles. The molecule has 2 N–H and O–H groups in total. The van der Waals surface area contributed by atoms with Crippen LogP contribution in [0.3, 0.4) is 0 Å². The molecule has 1 heterocycles. The molecule has 0 bridgehead atoms. The molecule has 0 saturated carbocycles. The summed E-state index contributed by atoms with van der Waals surface area (Å²) in [6, 6.07) is 13.7. The van der Waals surface area contributed by atoms with Gasteiger partial charge < -0.3 is 15.4 Å². The van der Waals surface area contributed by atoms with E-state index in [0.29, 0.717) is 25.8 Å². The van der Waals surface area contributed by atoms with Crippen molar-refractivity contribution in [2.24, 2.45) is 0 Å². The highest BCUT2D eigenvalue weighted by molar-refractivity contribution is 5.99. The smallest absolute Gasteiger partial charge is 0.228 e. The van der Waals surface area contributed by atoms with E-state index in [2.05, 4.69) is 10.6 Å². The van der Waals surface area contributed by atoms with Crippen LogP contribution in [0.15, 0.2) is 42.5 Å². The Bertz CT molecular complexity index is 769. The van der Waals surface area contributed by atoms with Gasteiger partial charge in [0.05, 0.1) is 13.5 Å². The van der Waals surface area contributed by atoms with E-state index in [1.165, 1.54) is 0 Å². The van der Waals surface area contributed by atoms with Crippen LogP contribution in [0.5, 0.6) is 5.75 Å². The van der Waals surface area contributed by atoms with Gasteiger partial charge in [0.1, 0.15) is 5.75 Å². The Hall–Kier alpha value is -2.82. The van der Waals surface area contributed by atoms with Crippen LogP contribution in [0, 0.1) is 0 Å². The van der Waals surface area contributed by atoms with Crippen molar-refractivity contribution < 1.29 is 14.3 Å². The summed E-state index contributed by atoms with van der Waals surface area (Å²) < 4.78 is 5.12. The van der Waals surface area contributed by atoms with Gasteiger partial charge in [-0.15, -0.1) is 0 Å². The van der Waals surface area contributed by atoms with Crippen molar-refractivity contribution >= 4 is 17.5 Å². The van der Waals surface area contributed by atoms with E-state index in [-0.39, 0.29) is 11.8 Å². The lowest BCUT2D eigenvalue weighted by molar-refractivity contribution is -0.121. The third-order valence-corrected chi connectivity index (χ3v) is 4.33. The Morgan fingerprint density at radius 1 is 1.12 bits per heavy atom. The highest BCUT2D eigenvalue weighted by Gasteiger charge is 2.17. The van der Waals surface area contributed by atoms with E-state index < -0.39 is 0 Å². The summed E-state index contributed by atoms with van der Waals surface area (Å²) in [5.41, 5.74) is 4.18. The normalized spacial score (nSPS) is 12.4. The number of hydrogen-bond donors (Lipinski definition) is 2. The molecule has 1 aliphatic heterocycles. The van der Waals surface area contributed by atoms with Gasteiger partial charge in [-0.05, 0) is 47.7 Å². The number of ether oxygens (including phenoxy) is 1. The first-order valence-corrected chi connectivity index (χ1v) is 8.45. The maximum atomic E-state index is 12.0. The van der Waals surface area contributed by atoms with Crippen molar-refractivity contribution in [1.29, 1.82) is 0 Å². The maximum Gasteiger partial charge on any atom is 0.228 e. The minimum absolute atomic E-state index is 0.0407. The van der Waals surface area contributed by atoms with Gasteiger partial charge in [-0.2, -0.15) is 0 Å². The summed E-state index contributed by atoms with van der Waals surface area (Å²) in [7, 11) is 1.64. The van der Waals surface area contributed by atoms with Crippen LogP contribution in [0.2, 0.25) is 0 Å². The first-order valence-electron chi connectivity index (χ1n) is 8.45. The van der Waals surface area contributed by atoms with Gasteiger partial charge in [-0.25, -0.2) is 0 Å². The fraction of sp³-hybridized carbons (Fsp3) is 0.300. The molecule has 5 nitrogen and oxygen atoms in total. The van der Waals surface area contributed by atoms with Crippen LogP contribution < -0.4 is 15.4 Å². The SMILES string of the molecule is COc1ccc(CCC(=O)NCCc2ccc3c(c2)CC(=O)N3)cc1. The zero-order chi connectivity index (χ0) is 17.6. The van der Waals surface area contributed by atoms with Gasteiger partial charge in [-0.1, -0.05) is 24.3 Å². The highest BCUT2D eigenvalue weighted by atomic mass is 16.5. The van der Waals surface area contributed by atoms with Crippen LogP contribution in [-0.2, 0) is 28.9 Å². The first-order chi connectivity index (χ1) is 12.1. The zero-order valence-corrected chi connectivity index (χ0v) is 14.3. The number of fused-ring (bicyclic) bond motifs is 1. The second-order valence-electron chi connectivity index (χ2n) is 6.16. The molecular formula is C20H22N2O3. The Balaban J connectivity index is 1.40.